The largest absolute Gasteiger partial charge is 0.372 e. The zero-order valence-electron chi connectivity index (χ0n) is 16.5. The molecule has 0 radical (unpaired) electrons. The zero-order valence-corrected chi connectivity index (χ0v) is 18.0. The highest BCUT2D eigenvalue weighted by Crippen LogP contribution is 2.29. The highest BCUT2D eigenvalue weighted by molar-refractivity contribution is 8.04. The number of aromatic nitrogens is 1. The van der Waals surface area contributed by atoms with Gasteiger partial charge in [0.05, 0.1) is 5.69 Å². The van der Waals surface area contributed by atoms with Crippen LogP contribution in [0.5, 0.6) is 0 Å². The van der Waals surface area contributed by atoms with Gasteiger partial charge in [-0.3, -0.25) is 9.78 Å². The SMILES string of the molecule is O=C(c1ccncc1)c1cc(Cl)ccc1NSC1=CC=C(N2CCNCC2)CC=C1. The Morgan fingerprint density at radius 1 is 1.13 bits per heavy atom. The number of rotatable bonds is 6. The summed E-state index contributed by atoms with van der Waals surface area (Å²) in [4.78, 5) is 20.5. The molecule has 0 saturated carbocycles. The van der Waals surface area contributed by atoms with Crippen LogP contribution in [0.3, 0.4) is 0 Å². The Labute approximate surface area is 186 Å². The molecule has 5 nitrogen and oxygen atoms in total. The number of ketones is 1. The summed E-state index contributed by atoms with van der Waals surface area (Å²) >= 11 is 7.66. The van der Waals surface area contributed by atoms with E-state index in [1.165, 1.54) is 17.6 Å². The Kier molecular flexibility index (Phi) is 6.89. The number of hydrogen-bond donors (Lipinski definition) is 2. The van der Waals surface area contributed by atoms with Gasteiger partial charge in [0, 0.05) is 71.7 Å². The molecule has 0 atom stereocenters. The Hall–Kier alpha value is -2.54. The second kappa shape index (κ2) is 9.98. The normalized spacial score (nSPS) is 16.5. The molecule has 1 aliphatic heterocycles. The monoisotopic (exact) mass is 438 g/mol. The molecule has 30 heavy (non-hydrogen) atoms. The number of halogens is 1. The third-order valence-corrected chi connectivity index (χ3v) is 6.08. The molecule has 154 valence electrons. The van der Waals surface area contributed by atoms with Crippen molar-refractivity contribution in [1.82, 2.24) is 15.2 Å². The van der Waals surface area contributed by atoms with Gasteiger partial charge in [-0.25, -0.2) is 0 Å². The van der Waals surface area contributed by atoms with Crippen molar-refractivity contribution in [3.8, 4) is 0 Å². The number of anilines is 1. The maximum Gasteiger partial charge on any atom is 0.195 e. The van der Waals surface area contributed by atoms with Crippen molar-refractivity contribution in [2.45, 2.75) is 6.42 Å². The van der Waals surface area contributed by atoms with E-state index in [2.05, 4.69) is 44.2 Å². The van der Waals surface area contributed by atoms with Crippen LogP contribution in [0.2, 0.25) is 5.02 Å². The highest BCUT2D eigenvalue weighted by Gasteiger charge is 2.16. The van der Waals surface area contributed by atoms with E-state index in [0.29, 0.717) is 16.1 Å². The number of hydrogen-bond acceptors (Lipinski definition) is 6. The van der Waals surface area contributed by atoms with E-state index in [1.54, 1.807) is 36.7 Å². The van der Waals surface area contributed by atoms with E-state index in [1.807, 2.05) is 6.07 Å². The molecule has 1 aliphatic carbocycles. The quantitative estimate of drug-likeness (QED) is 0.505. The Morgan fingerprint density at radius 2 is 1.93 bits per heavy atom. The summed E-state index contributed by atoms with van der Waals surface area (Å²) in [5.74, 6) is -0.0886. The Balaban J connectivity index is 1.49. The van der Waals surface area contributed by atoms with E-state index >= 15 is 0 Å². The third-order valence-electron chi connectivity index (χ3n) is 5.02. The summed E-state index contributed by atoms with van der Waals surface area (Å²) < 4.78 is 3.33. The van der Waals surface area contributed by atoms with Crippen LogP contribution in [0.15, 0.2) is 77.6 Å². The smallest absolute Gasteiger partial charge is 0.195 e. The van der Waals surface area contributed by atoms with Crippen molar-refractivity contribution >= 4 is 35.0 Å². The molecule has 1 aromatic heterocycles. The van der Waals surface area contributed by atoms with Crippen LogP contribution in [-0.2, 0) is 0 Å². The molecule has 0 bridgehead atoms. The highest BCUT2D eigenvalue weighted by atomic mass is 35.5. The van der Waals surface area contributed by atoms with Crippen LogP contribution >= 0.6 is 23.5 Å². The lowest BCUT2D eigenvalue weighted by Crippen LogP contribution is -2.42. The minimum atomic E-state index is -0.0886. The summed E-state index contributed by atoms with van der Waals surface area (Å²) in [6.07, 6.45) is 12.8. The van der Waals surface area contributed by atoms with E-state index in [-0.39, 0.29) is 5.78 Å². The minimum absolute atomic E-state index is 0.0886. The first kappa shape index (κ1) is 20.7. The summed E-state index contributed by atoms with van der Waals surface area (Å²) in [6.45, 7) is 4.14. The van der Waals surface area contributed by atoms with Crippen molar-refractivity contribution in [2.24, 2.45) is 0 Å². The summed E-state index contributed by atoms with van der Waals surface area (Å²) in [5.41, 5.74) is 3.19. The zero-order chi connectivity index (χ0) is 20.8. The predicted molar refractivity (Wildman–Crippen MR) is 125 cm³/mol. The van der Waals surface area contributed by atoms with Gasteiger partial charge in [-0.05, 0) is 54.4 Å². The Morgan fingerprint density at radius 3 is 2.73 bits per heavy atom. The summed E-state index contributed by atoms with van der Waals surface area (Å²) in [5, 5.41) is 3.92. The van der Waals surface area contributed by atoms with Crippen LogP contribution in [0.25, 0.3) is 0 Å². The van der Waals surface area contributed by atoms with Gasteiger partial charge in [0.1, 0.15) is 0 Å². The molecule has 1 aromatic carbocycles. The number of carbonyl (C=O) groups is 1. The van der Waals surface area contributed by atoms with E-state index < -0.39 is 0 Å². The fourth-order valence-corrected chi connectivity index (χ4v) is 4.30. The summed E-state index contributed by atoms with van der Waals surface area (Å²) in [6, 6.07) is 8.74. The lowest BCUT2D eigenvalue weighted by Gasteiger charge is -2.31. The number of nitrogens with zero attached hydrogens (tertiary/aromatic N) is 2. The van der Waals surface area contributed by atoms with Crippen LogP contribution in [0, 0.1) is 0 Å². The standard InChI is InChI=1S/C23H23ClN4OS/c24-18-4-7-22(21(16-18)23(29)17-8-10-25-11-9-17)27-30-20-3-1-2-19(5-6-20)28-14-12-26-13-15-28/h1,3-11,16,26-27H,2,12-15H2. The molecule has 2 N–H and O–H groups in total. The molecule has 4 rings (SSSR count). The first-order valence-corrected chi connectivity index (χ1v) is 11.1. The van der Waals surface area contributed by atoms with Gasteiger partial charge in [0.2, 0.25) is 0 Å². The van der Waals surface area contributed by atoms with Crippen molar-refractivity contribution in [3.63, 3.8) is 0 Å². The van der Waals surface area contributed by atoms with Crippen LogP contribution in [-0.4, -0.2) is 41.8 Å². The molecular weight excluding hydrogens is 416 g/mol. The van der Waals surface area contributed by atoms with Crippen molar-refractivity contribution < 1.29 is 4.79 Å². The number of benzene rings is 1. The van der Waals surface area contributed by atoms with Crippen LogP contribution in [0.4, 0.5) is 5.69 Å². The first-order chi connectivity index (χ1) is 14.7. The number of carbonyl (C=O) groups excluding carboxylic acids is 1. The maximum atomic E-state index is 13.0. The molecule has 7 heteroatoms. The van der Waals surface area contributed by atoms with E-state index in [4.69, 9.17) is 11.6 Å². The third kappa shape index (κ3) is 5.14. The second-order valence-electron chi connectivity index (χ2n) is 7.03. The Bertz CT molecular complexity index is 998. The van der Waals surface area contributed by atoms with Crippen LogP contribution < -0.4 is 10.0 Å². The maximum absolute atomic E-state index is 13.0. The van der Waals surface area contributed by atoms with Gasteiger partial charge in [0.15, 0.2) is 5.78 Å². The molecule has 2 aliphatic rings. The lowest BCUT2D eigenvalue weighted by atomic mass is 10.0. The fraction of sp³-hybridized carbons (Fsp3) is 0.217. The van der Waals surface area contributed by atoms with Crippen molar-refractivity contribution in [2.75, 3.05) is 30.9 Å². The average Bonchev–Trinajstić information content (AvgIpc) is 3.05. The number of pyridine rings is 1. The fourth-order valence-electron chi connectivity index (χ4n) is 3.42. The molecule has 2 aromatic rings. The molecular formula is C23H23ClN4OS. The molecule has 1 saturated heterocycles. The van der Waals surface area contributed by atoms with Gasteiger partial charge in [-0.15, -0.1) is 0 Å². The van der Waals surface area contributed by atoms with Gasteiger partial charge >= 0.3 is 0 Å². The van der Waals surface area contributed by atoms with Gasteiger partial charge in [-0.2, -0.15) is 0 Å². The predicted octanol–water partition coefficient (Wildman–Crippen LogP) is 4.66. The number of piperazine rings is 1. The molecule has 2 heterocycles. The van der Waals surface area contributed by atoms with Gasteiger partial charge < -0.3 is 14.9 Å². The topological polar surface area (TPSA) is 57.3 Å². The molecule has 0 amide bonds. The number of allylic oxidation sites excluding steroid dienone is 4. The van der Waals surface area contributed by atoms with E-state index in [9.17, 15) is 4.79 Å². The van der Waals surface area contributed by atoms with Crippen molar-refractivity contribution in [3.05, 3.63) is 93.8 Å². The van der Waals surface area contributed by atoms with Crippen molar-refractivity contribution in [1.29, 1.82) is 0 Å². The second-order valence-corrected chi connectivity index (χ2v) is 8.35. The summed E-state index contributed by atoms with van der Waals surface area (Å²) in [7, 11) is 0. The van der Waals surface area contributed by atoms with Gasteiger partial charge in [-0.1, -0.05) is 23.8 Å². The first-order valence-electron chi connectivity index (χ1n) is 9.91. The molecule has 1 fully saturated rings. The van der Waals surface area contributed by atoms with Crippen LogP contribution in [0.1, 0.15) is 22.3 Å². The lowest BCUT2D eigenvalue weighted by molar-refractivity contribution is 0.103. The average molecular weight is 439 g/mol. The number of nitrogens with one attached hydrogen (secondary N) is 2. The molecule has 0 spiro atoms. The minimum Gasteiger partial charge on any atom is -0.372 e. The van der Waals surface area contributed by atoms with E-state index in [0.717, 1.165) is 43.2 Å². The molecule has 0 unspecified atom stereocenters. The van der Waals surface area contributed by atoms with Gasteiger partial charge in [0.25, 0.3) is 0 Å².